The van der Waals surface area contributed by atoms with E-state index in [0.717, 1.165) is 71.2 Å². The van der Waals surface area contributed by atoms with E-state index >= 15 is 0 Å². The summed E-state index contributed by atoms with van der Waals surface area (Å²) in [6, 6.07) is 4.19. The van der Waals surface area contributed by atoms with Crippen LogP contribution in [0.4, 0.5) is 5.82 Å². The fourth-order valence-corrected chi connectivity index (χ4v) is 6.36. The van der Waals surface area contributed by atoms with Crippen molar-refractivity contribution in [3.63, 3.8) is 0 Å². The minimum absolute atomic E-state index is 0.330. The molecule has 0 aliphatic heterocycles. The number of anilines is 1. The Morgan fingerprint density at radius 2 is 2.00 bits per heavy atom. The first-order chi connectivity index (χ1) is 14.7. The number of nitrogens with two attached hydrogens (primary N) is 1. The van der Waals surface area contributed by atoms with Crippen molar-refractivity contribution in [1.82, 2.24) is 19.6 Å². The number of hydrogen-bond acceptors (Lipinski definition) is 5. The van der Waals surface area contributed by atoms with Crippen LogP contribution in [-0.2, 0) is 3.07 Å². The first kappa shape index (κ1) is 20.2. The van der Waals surface area contributed by atoms with Gasteiger partial charge in [0.05, 0.1) is 22.1 Å². The Hall–Kier alpha value is -1.68. The van der Waals surface area contributed by atoms with Crippen LogP contribution in [0.15, 0.2) is 35.1 Å². The minimum Gasteiger partial charge on any atom is -0.383 e. The second-order valence-corrected chi connectivity index (χ2v) is 11.1. The van der Waals surface area contributed by atoms with Gasteiger partial charge in [-0.1, -0.05) is 12.1 Å². The van der Waals surface area contributed by atoms with Gasteiger partial charge in [-0.3, -0.25) is 8.05 Å². The number of pyridine rings is 1. The Balaban J connectivity index is 1.52. The summed E-state index contributed by atoms with van der Waals surface area (Å²) in [5.41, 5.74) is 12.5. The quantitative estimate of drug-likeness (QED) is 0.300. The molecule has 0 saturated heterocycles. The number of hydrogen-bond donors (Lipinski definition) is 1. The second-order valence-electron chi connectivity index (χ2n) is 8.08. The molecule has 8 heteroatoms. The lowest BCUT2D eigenvalue weighted by molar-refractivity contribution is 0.452. The zero-order valence-electron chi connectivity index (χ0n) is 16.5. The SMILES string of the molecule is Nc1c(Br)c(C2CCC(I=O)CC2)nc2c(-c3ccc(C4=CCCC4)nc3)cnn12. The van der Waals surface area contributed by atoms with Crippen molar-refractivity contribution in [3.05, 3.63) is 46.5 Å². The van der Waals surface area contributed by atoms with Gasteiger partial charge in [-0.2, -0.15) is 9.61 Å². The summed E-state index contributed by atoms with van der Waals surface area (Å²) in [6.45, 7) is 0. The lowest BCUT2D eigenvalue weighted by Gasteiger charge is -2.25. The van der Waals surface area contributed by atoms with Gasteiger partial charge in [0.25, 0.3) is 0 Å². The molecule has 2 aliphatic carbocycles. The van der Waals surface area contributed by atoms with Crippen LogP contribution in [0.1, 0.15) is 62.3 Å². The number of fused-ring (bicyclic) bond motifs is 1. The van der Waals surface area contributed by atoms with Crippen LogP contribution in [0, 0.1) is 0 Å². The molecule has 2 aliphatic rings. The molecule has 0 spiro atoms. The van der Waals surface area contributed by atoms with Gasteiger partial charge >= 0.3 is 0 Å². The van der Waals surface area contributed by atoms with E-state index in [9.17, 15) is 3.07 Å². The summed E-state index contributed by atoms with van der Waals surface area (Å²) in [6.07, 6.45) is 13.5. The summed E-state index contributed by atoms with van der Waals surface area (Å²) in [4.78, 5) is 9.70. The summed E-state index contributed by atoms with van der Waals surface area (Å²) in [7, 11) is 0. The van der Waals surface area contributed by atoms with Crippen LogP contribution < -0.4 is 5.73 Å². The highest BCUT2D eigenvalue weighted by molar-refractivity contribution is 14.1. The first-order valence-corrected chi connectivity index (χ1v) is 13.3. The number of rotatable bonds is 4. The zero-order valence-corrected chi connectivity index (χ0v) is 20.3. The Bertz CT molecular complexity index is 1130. The summed E-state index contributed by atoms with van der Waals surface area (Å²) < 4.78 is 14.3. The number of alkyl halides is 1. The van der Waals surface area contributed by atoms with Crippen LogP contribution in [0.25, 0.3) is 22.3 Å². The lowest BCUT2D eigenvalue weighted by Crippen LogP contribution is -2.16. The number of halogens is 2. The Kier molecular flexibility index (Phi) is 5.70. The molecule has 0 radical (unpaired) electrons. The van der Waals surface area contributed by atoms with Crippen LogP contribution in [0.3, 0.4) is 0 Å². The molecular weight excluding hydrogens is 557 g/mol. The molecule has 0 atom stereocenters. The molecule has 0 aromatic carbocycles. The summed E-state index contributed by atoms with van der Waals surface area (Å²) >= 11 is 2.75. The van der Waals surface area contributed by atoms with E-state index in [4.69, 9.17) is 15.7 Å². The van der Waals surface area contributed by atoms with E-state index in [1.807, 2.05) is 12.4 Å². The van der Waals surface area contributed by atoms with Crippen molar-refractivity contribution in [2.45, 2.75) is 54.8 Å². The van der Waals surface area contributed by atoms with Gasteiger partial charge in [0.15, 0.2) is 5.65 Å². The van der Waals surface area contributed by atoms with Crippen LogP contribution in [-0.4, -0.2) is 23.5 Å². The number of nitrogens with zero attached hydrogens (tertiary/aromatic N) is 4. The van der Waals surface area contributed by atoms with Crippen molar-refractivity contribution in [2.75, 3.05) is 5.73 Å². The monoisotopic (exact) mass is 579 g/mol. The predicted octanol–water partition coefficient (Wildman–Crippen LogP) is 6.05. The van der Waals surface area contributed by atoms with Crippen molar-refractivity contribution < 1.29 is 3.07 Å². The van der Waals surface area contributed by atoms with Crippen molar-refractivity contribution in [2.24, 2.45) is 0 Å². The van der Waals surface area contributed by atoms with E-state index in [0.29, 0.717) is 15.7 Å². The maximum absolute atomic E-state index is 11.3. The fraction of sp³-hybridized carbons (Fsp3) is 0.409. The molecule has 5 rings (SSSR count). The van der Waals surface area contributed by atoms with E-state index in [1.165, 1.54) is 12.0 Å². The average molecular weight is 580 g/mol. The van der Waals surface area contributed by atoms with Gasteiger partial charge < -0.3 is 5.73 Å². The number of allylic oxidation sites excluding steroid dienone is 2. The normalized spacial score (nSPS) is 21.8. The first-order valence-electron chi connectivity index (χ1n) is 10.4. The van der Waals surface area contributed by atoms with Gasteiger partial charge in [-0.25, -0.2) is 4.98 Å². The highest BCUT2D eigenvalue weighted by Gasteiger charge is 2.27. The van der Waals surface area contributed by atoms with Crippen LogP contribution >= 0.6 is 37.1 Å². The molecule has 0 amide bonds. The molecule has 2 N–H and O–H groups in total. The zero-order chi connectivity index (χ0) is 20.7. The molecule has 30 heavy (non-hydrogen) atoms. The smallest absolute Gasteiger partial charge is 0.165 e. The van der Waals surface area contributed by atoms with Crippen molar-refractivity contribution in [3.8, 4) is 11.1 Å². The van der Waals surface area contributed by atoms with E-state index < -0.39 is 21.2 Å². The third-order valence-corrected chi connectivity index (χ3v) is 9.04. The molecule has 3 aromatic rings. The third kappa shape index (κ3) is 3.62. The number of nitrogen functional groups attached to an aromatic ring is 1. The highest BCUT2D eigenvalue weighted by atomic mass is 127. The van der Waals surface area contributed by atoms with E-state index in [1.54, 1.807) is 4.52 Å². The molecule has 1 saturated carbocycles. The predicted molar refractivity (Wildman–Crippen MR) is 130 cm³/mol. The number of aromatic nitrogens is 4. The van der Waals surface area contributed by atoms with Crippen molar-refractivity contribution >= 4 is 54.2 Å². The van der Waals surface area contributed by atoms with Gasteiger partial charge in [-0.15, -0.1) is 0 Å². The second kappa shape index (κ2) is 8.45. The highest BCUT2D eigenvalue weighted by Crippen LogP contribution is 2.41. The Morgan fingerprint density at radius 1 is 1.17 bits per heavy atom. The molecule has 156 valence electrons. The minimum atomic E-state index is -0.913. The van der Waals surface area contributed by atoms with Gasteiger partial charge in [0.1, 0.15) is 27.0 Å². The fourth-order valence-electron chi connectivity index (χ4n) is 4.55. The molecule has 0 unspecified atom stereocenters. The van der Waals surface area contributed by atoms with Gasteiger partial charge in [0, 0.05) is 27.2 Å². The van der Waals surface area contributed by atoms with Crippen molar-refractivity contribution in [1.29, 1.82) is 0 Å². The molecule has 3 heterocycles. The van der Waals surface area contributed by atoms with Crippen LogP contribution in [0.2, 0.25) is 0 Å². The maximum atomic E-state index is 11.3. The summed E-state index contributed by atoms with van der Waals surface area (Å²) in [5.74, 6) is 0.899. The van der Waals surface area contributed by atoms with E-state index in [-0.39, 0.29) is 0 Å². The Morgan fingerprint density at radius 3 is 2.67 bits per heavy atom. The summed E-state index contributed by atoms with van der Waals surface area (Å²) in [5, 5.41) is 4.49. The third-order valence-electron chi connectivity index (χ3n) is 6.26. The largest absolute Gasteiger partial charge is 0.383 e. The topological polar surface area (TPSA) is 86.2 Å². The van der Waals surface area contributed by atoms with E-state index in [2.05, 4.69) is 39.2 Å². The average Bonchev–Trinajstić information content (AvgIpc) is 3.47. The molecule has 3 aromatic heterocycles. The maximum Gasteiger partial charge on any atom is 0.165 e. The Labute approximate surface area is 194 Å². The molecule has 1 fully saturated rings. The standard InChI is InChI=1S/C22H23BrIN5O/c23-19-20(14-5-8-16(24-30)9-6-14)28-22-17(12-27-29(22)21(19)25)15-7-10-18(26-11-15)13-3-1-2-4-13/h3,7,10-12,14,16H,1-2,4-6,8-9,25H2. The van der Waals surface area contributed by atoms with Crippen LogP contribution in [0.5, 0.6) is 0 Å². The molecule has 6 nitrogen and oxygen atoms in total. The van der Waals surface area contributed by atoms with Gasteiger partial charge in [0.2, 0.25) is 0 Å². The molecular formula is C22H23BrIN5O. The van der Waals surface area contributed by atoms with Gasteiger partial charge in [-0.05, 0) is 72.5 Å². The lowest BCUT2D eigenvalue weighted by atomic mass is 9.86. The molecule has 0 bridgehead atoms.